The molecule has 2 N–H and O–H groups in total. The summed E-state index contributed by atoms with van der Waals surface area (Å²) in [6.45, 7) is 5.13. The fraction of sp³-hybridized carbons (Fsp3) is 1.00. The number of hydrogen-bond acceptors (Lipinski definition) is 3. The van der Waals surface area contributed by atoms with E-state index in [-0.39, 0.29) is 0 Å². The van der Waals surface area contributed by atoms with Gasteiger partial charge in [0.2, 0.25) is 0 Å². The van der Waals surface area contributed by atoms with Crippen LogP contribution in [0.25, 0.3) is 0 Å². The Morgan fingerprint density at radius 3 is 2.65 bits per heavy atom. The van der Waals surface area contributed by atoms with Crippen LogP contribution in [0.1, 0.15) is 44.9 Å². The normalized spacial score (nSPS) is 27.2. The molecule has 2 rings (SSSR count). The minimum Gasteiger partial charge on any atom is -0.379 e. The lowest BCUT2D eigenvalue weighted by atomic mass is 9.87. The first-order chi connectivity index (χ1) is 8.45. The molecule has 2 fully saturated rings. The first kappa shape index (κ1) is 13.3. The van der Waals surface area contributed by atoms with Crippen LogP contribution in [0.5, 0.6) is 0 Å². The van der Waals surface area contributed by atoms with E-state index in [2.05, 4.69) is 10.6 Å². The quantitative estimate of drug-likeness (QED) is 0.696. The number of morpholine rings is 1. The van der Waals surface area contributed by atoms with Gasteiger partial charge in [-0.3, -0.25) is 0 Å². The predicted molar refractivity (Wildman–Crippen MR) is 71.3 cm³/mol. The van der Waals surface area contributed by atoms with E-state index in [9.17, 15) is 0 Å². The summed E-state index contributed by atoms with van der Waals surface area (Å²) in [5, 5.41) is 7.08. The Hall–Kier alpha value is -0.120. The molecule has 0 radical (unpaired) electrons. The molecule has 1 heterocycles. The van der Waals surface area contributed by atoms with Gasteiger partial charge in [0.1, 0.15) is 0 Å². The Balaban J connectivity index is 1.42. The third-order valence-corrected chi connectivity index (χ3v) is 4.12. The molecule has 0 spiro atoms. The number of hydrogen-bond donors (Lipinski definition) is 2. The Morgan fingerprint density at radius 1 is 1.06 bits per heavy atom. The molecule has 3 nitrogen and oxygen atoms in total. The molecule has 0 aromatic carbocycles. The molecule has 17 heavy (non-hydrogen) atoms. The fourth-order valence-electron chi connectivity index (χ4n) is 2.99. The van der Waals surface area contributed by atoms with E-state index in [4.69, 9.17) is 4.74 Å². The summed E-state index contributed by atoms with van der Waals surface area (Å²) in [5.74, 6) is 1.01. The molecule has 100 valence electrons. The second kappa shape index (κ2) is 8.06. The zero-order valence-electron chi connectivity index (χ0n) is 11.0. The minimum absolute atomic E-state index is 0.575. The van der Waals surface area contributed by atoms with Crippen LogP contribution in [0.3, 0.4) is 0 Å². The second-order valence-electron chi connectivity index (χ2n) is 5.56. The summed E-state index contributed by atoms with van der Waals surface area (Å²) in [6, 6.07) is 0.575. The van der Waals surface area contributed by atoms with Gasteiger partial charge in [0.15, 0.2) is 0 Å². The average molecular weight is 240 g/mol. The van der Waals surface area contributed by atoms with Crippen molar-refractivity contribution in [1.29, 1.82) is 0 Å². The molecule has 0 amide bonds. The number of ether oxygens (including phenoxy) is 1. The molecule has 1 unspecified atom stereocenters. The van der Waals surface area contributed by atoms with E-state index >= 15 is 0 Å². The Morgan fingerprint density at radius 2 is 1.88 bits per heavy atom. The van der Waals surface area contributed by atoms with Crippen molar-refractivity contribution in [3.05, 3.63) is 0 Å². The smallest absolute Gasteiger partial charge is 0.0620 e. The average Bonchev–Trinajstić information content (AvgIpc) is 2.41. The Kier molecular flexibility index (Phi) is 6.32. The van der Waals surface area contributed by atoms with E-state index in [1.54, 1.807) is 0 Å². The van der Waals surface area contributed by atoms with Crippen LogP contribution in [0.2, 0.25) is 0 Å². The van der Waals surface area contributed by atoms with Gasteiger partial charge in [0.25, 0.3) is 0 Å². The highest BCUT2D eigenvalue weighted by Crippen LogP contribution is 2.25. The first-order valence-corrected chi connectivity index (χ1v) is 7.47. The summed E-state index contributed by atoms with van der Waals surface area (Å²) >= 11 is 0. The third-order valence-electron chi connectivity index (χ3n) is 4.12. The molecule has 0 aromatic rings. The summed E-state index contributed by atoms with van der Waals surface area (Å²) < 4.78 is 5.44. The van der Waals surface area contributed by atoms with Gasteiger partial charge in [-0.25, -0.2) is 0 Å². The van der Waals surface area contributed by atoms with E-state index in [1.165, 1.54) is 51.5 Å². The number of nitrogens with one attached hydrogen (secondary N) is 2. The van der Waals surface area contributed by atoms with Crippen LogP contribution >= 0.6 is 0 Å². The molecule has 0 bridgehead atoms. The summed E-state index contributed by atoms with van der Waals surface area (Å²) in [4.78, 5) is 0. The van der Waals surface area contributed by atoms with E-state index in [0.717, 1.165) is 32.2 Å². The molecule has 1 aliphatic carbocycles. The zero-order chi connectivity index (χ0) is 11.8. The highest BCUT2D eigenvalue weighted by molar-refractivity contribution is 4.71. The van der Waals surface area contributed by atoms with Crippen molar-refractivity contribution in [2.24, 2.45) is 5.92 Å². The molecule has 1 saturated heterocycles. The molecule has 3 heteroatoms. The van der Waals surface area contributed by atoms with Gasteiger partial charge in [0.05, 0.1) is 13.2 Å². The number of rotatable bonds is 6. The summed E-state index contributed by atoms with van der Waals surface area (Å²) in [7, 11) is 0. The molecular weight excluding hydrogens is 212 g/mol. The largest absolute Gasteiger partial charge is 0.379 e. The van der Waals surface area contributed by atoms with Crippen molar-refractivity contribution in [2.45, 2.75) is 51.0 Å². The SMILES string of the molecule is C1CCC(CCNCCC2COCCN2)CC1. The van der Waals surface area contributed by atoms with Crippen molar-refractivity contribution in [2.75, 3.05) is 32.8 Å². The van der Waals surface area contributed by atoms with E-state index in [1.807, 2.05) is 0 Å². The summed E-state index contributed by atoms with van der Waals surface area (Å²) in [5.41, 5.74) is 0. The maximum atomic E-state index is 5.44. The van der Waals surface area contributed by atoms with Crippen molar-refractivity contribution < 1.29 is 4.74 Å². The van der Waals surface area contributed by atoms with Crippen LogP contribution in [0.15, 0.2) is 0 Å². The van der Waals surface area contributed by atoms with Crippen LogP contribution < -0.4 is 10.6 Å². The highest BCUT2D eigenvalue weighted by Gasteiger charge is 2.13. The molecular formula is C14H28N2O. The molecule has 0 aromatic heterocycles. The lowest BCUT2D eigenvalue weighted by Crippen LogP contribution is -2.42. The molecule has 1 aliphatic heterocycles. The van der Waals surface area contributed by atoms with Gasteiger partial charge in [0, 0.05) is 12.6 Å². The van der Waals surface area contributed by atoms with Crippen LogP contribution in [0, 0.1) is 5.92 Å². The Bertz CT molecular complexity index is 167. The van der Waals surface area contributed by atoms with Gasteiger partial charge in [-0.05, 0) is 31.8 Å². The van der Waals surface area contributed by atoms with Gasteiger partial charge >= 0.3 is 0 Å². The van der Waals surface area contributed by atoms with Gasteiger partial charge < -0.3 is 15.4 Å². The van der Waals surface area contributed by atoms with Crippen molar-refractivity contribution in [1.82, 2.24) is 10.6 Å². The van der Waals surface area contributed by atoms with Crippen LogP contribution in [-0.4, -0.2) is 38.9 Å². The highest BCUT2D eigenvalue weighted by atomic mass is 16.5. The predicted octanol–water partition coefficient (Wildman–Crippen LogP) is 1.92. The Labute approximate surface area is 106 Å². The zero-order valence-corrected chi connectivity index (χ0v) is 11.0. The van der Waals surface area contributed by atoms with Crippen molar-refractivity contribution in [3.63, 3.8) is 0 Å². The molecule has 1 atom stereocenters. The lowest BCUT2D eigenvalue weighted by molar-refractivity contribution is 0.0742. The van der Waals surface area contributed by atoms with Gasteiger partial charge in [-0.2, -0.15) is 0 Å². The van der Waals surface area contributed by atoms with E-state index < -0.39 is 0 Å². The topological polar surface area (TPSA) is 33.3 Å². The van der Waals surface area contributed by atoms with Crippen molar-refractivity contribution >= 4 is 0 Å². The first-order valence-electron chi connectivity index (χ1n) is 7.47. The monoisotopic (exact) mass is 240 g/mol. The lowest BCUT2D eigenvalue weighted by Gasteiger charge is -2.24. The van der Waals surface area contributed by atoms with Crippen LogP contribution in [0.4, 0.5) is 0 Å². The molecule has 2 aliphatic rings. The van der Waals surface area contributed by atoms with Gasteiger partial charge in [-0.15, -0.1) is 0 Å². The third kappa shape index (κ3) is 5.36. The van der Waals surface area contributed by atoms with Crippen molar-refractivity contribution in [3.8, 4) is 0 Å². The minimum atomic E-state index is 0.575. The summed E-state index contributed by atoms with van der Waals surface area (Å²) in [6.07, 6.45) is 9.93. The van der Waals surface area contributed by atoms with Crippen LogP contribution in [-0.2, 0) is 4.74 Å². The fourth-order valence-corrected chi connectivity index (χ4v) is 2.99. The maximum absolute atomic E-state index is 5.44. The second-order valence-corrected chi connectivity index (χ2v) is 5.56. The maximum Gasteiger partial charge on any atom is 0.0620 e. The molecule has 1 saturated carbocycles. The van der Waals surface area contributed by atoms with E-state index in [0.29, 0.717) is 6.04 Å². The van der Waals surface area contributed by atoms with Gasteiger partial charge in [-0.1, -0.05) is 32.1 Å². The standard InChI is InChI=1S/C14H28N2O/c1-2-4-13(5-3-1)6-8-15-9-7-14-12-17-11-10-16-14/h13-16H,1-12H2.